The van der Waals surface area contributed by atoms with Crippen molar-refractivity contribution in [2.24, 2.45) is 5.14 Å². The molecule has 0 bridgehead atoms. The van der Waals surface area contributed by atoms with Crippen molar-refractivity contribution in [3.63, 3.8) is 0 Å². The van der Waals surface area contributed by atoms with Gasteiger partial charge in [0.1, 0.15) is 0 Å². The minimum atomic E-state index is -3.76. The molecule has 18 heavy (non-hydrogen) atoms. The van der Waals surface area contributed by atoms with Crippen molar-refractivity contribution >= 4 is 33.4 Å². The van der Waals surface area contributed by atoms with Crippen molar-refractivity contribution < 1.29 is 13.2 Å². The van der Waals surface area contributed by atoms with E-state index in [0.717, 1.165) is 5.75 Å². The fraction of sp³-hybridized carbons (Fsp3) is 0.364. The third-order valence-electron chi connectivity index (χ3n) is 2.40. The highest BCUT2D eigenvalue weighted by atomic mass is 32.2. The van der Waals surface area contributed by atoms with Gasteiger partial charge in [-0.05, 0) is 30.9 Å². The number of amides is 1. The van der Waals surface area contributed by atoms with Crippen LogP contribution in [0, 0.1) is 6.92 Å². The van der Waals surface area contributed by atoms with Gasteiger partial charge in [0.05, 0.1) is 4.90 Å². The maximum atomic E-state index is 11.6. The van der Waals surface area contributed by atoms with Gasteiger partial charge in [-0.2, -0.15) is 11.8 Å². The second-order valence-corrected chi connectivity index (χ2v) is 6.28. The molecular formula is C11H16N2O3S2. The van der Waals surface area contributed by atoms with E-state index >= 15 is 0 Å². The molecule has 0 heterocycles. The molecule has 1 rings (SSSR count). The number of carbonyl (C=O) groups excluding carboxylic acids is 1. The molecule has 0 aliphatic rings. The Bertz CT molecular complexity index is 541. The molecule has 7 heteroatoms. The summed E-state index contributed by atoms with van der Waals surface area (Å²) in [5.41, 5.74) is 0.935. The molecule has 1 amide bonds. The lowest BCUT2D eigenvalue weighted by molar-refractivity contribution is -0.115. The van der Waals surface area contributed by atoms with Gasteiger partial charge in [0.2, 0.25) is 15.9 Å². The first-order chi connectivity index (χ1) is 8.36. The number of rotatable bonds is 5. The van der Waals surface area contributed by atoms with Gasteiger partial charge in [-0.3, -0.25) is 4.79 Å². The average molecular weight is 288 g/mol. The number of carbonyl (C=O) groups is 1. The van der Waals surface area contributed by atoms with Gasteiger partial charge in [-0.15, -0.1) is 0 Å². The summed E-state index contributed by atoms with van der Waals surface area (Å²) >= 11 is 1.58. The van der Waals surface area contributed by atoms with Crippen LogP contribution in [0.25, 0.3) is 0 Å². The summed E-state index contributed by atoms with van der Waals surface area (Å²) in [5, 5.41) is 7.78. The van der Waals surface area contributed by atoms with Crippen LogP contribution in [0.15, 0.2) is 23.1 Å². The number of nitrogens with one attached hydrogen (secondary N) is 1. The Morgan fingerprint density at radius 2 is 2.11 bits per heavy atom. The van der Waals surface area contributed by atoms with Gasteiger partial charge >= 0.3 is 0 Å². The maximum absolute atomic E-state index is 11.6. The van der Waals surface area contributed by atoms with Crippen LogP contribution in [0.3, 0.4) is 0 Å². The summed E-state index contributed by atoms with van der Waals surface area (Å²) < 4.78 is 22.7. The molecule has 0 fully saturated rings. The molecule has 0 spiro atoms. The van der Waals surface area contributed by atoms with Crippen LogP contribution in [0.4, 0.5) is 5.69 Å². The zero-order chi connectivity index (χ0) is 13.8. The van der Waals surface area contributed by atoms with E-state index in [1.54, 1.807) is 30.8 Å². The van der Waals surface area contributed by atoms with Gasteiger partial charge in [0.15, 0.2) is 0 Å². The Balaban J connectivity index is 2.95. The quantitative estimate of drug-likeness (QED) is 0.855. The Labute approximate surface area is 111 Å². The number of thioether (sulfide) groups is 1. The number of sulfonamides is 1. The first-order valence-electron chi connectivity index (χ1n) is 5.27. The van der Waals surface area contributed by atoms with Gasteiger partial charge in [0, 0.05) is 17.9 Å². The SMILES string of the molecule is CSCCC(=O)Nc1cccc(S(N)(=O)=O)c1C. The summed E-state index contributed by atoms with van der Waals surface area (Å²) in [6, 6.07) is 4.63. The van der Waals surface area contributed by atoms with Gasteiger partial charge < -0.3 is 5.32 Å². The lowest BCUT2D eigenvalue weighted by atomic mass is 10.2. The molecule has 0 aliphatic carbocycles. The van der Waals surface area contributed by atoms with E-state index in [-0.39, 0.29) is 10.8 Å². The Morgan fingerprint density at radius 1 is 1.44 bits per heavy atom. The molecule has 1 aromatic rings. The molecule has 3 N–H and O–H groups in total. The van der Waals surface area contributed by atoms with E-state index in [9.17, 15) is 13.2 Å². The number of anilines is 1. The summed E-state index contributed by atoms with van der Waals surface area (Å²) in [5.74, 6) is 0.582. The third kappa shape index (κ3) is 4.01. The number of nitrogens with two attached hydrogens (primary N) is 1. The molecule has 0 radical (unpaired) electrons. The fourth-order valence-corrected chi connectivity index (χ4v) is 2.66. The molecule has 0 saturated carbocycles. The Hall–Kier alpha value is -1.05. The Kier molecular flexibility index (Phi) is 5.18. The average Bonchev–Trinajstić information content (AvgIpc) is 2.27. The molecule has 5 nitrogen and oxygen atoms in total. The largest absolute Gasteiger partial charge is 0.326 e. The fourth-order valence-electron chi connectivity index (χ4n) is 1.47. The van der Waals surface area contributed by atoms with Crippen LogP contribution in [-0.4, -0.2) is 26.3 Å². The summed E-state index contributed by atoms with van der Waals surface area (Å²) in [6.45, 7) is 1.62. The molecular weight excluding hydrogens is 272 g/mol. The predicted molar refractivity (Wildman–Crippen MR) is 74.2 cm³/mol. The molecule has 0 aliphatic heterocycles. The van der Waals surface area contributed by atoms with E-state index in [1.807, 2.05) is 6.26 Å². The van der Waals surface area contributed by atoms with Crippen LogP contribution in [0.5, 0.6) is 0 Å². The van der Waals surface area contributed by atoms with Crippen LogP contribution in [0.2, 0.25) is 0 Å². The van der Waals surface area contributed by atoms with Crippen LogP contribution >= 0.6 is 11.8 Å². The van der Waals surface area contributed by atoms with Gasteiger partial charge in [0.25, 0.3) is 0 Å². The number of hydrogen-bond donors (Lipinski definition) is 2. The van der Waals surface area contributed by atoms with E-state index in [2.05, 4.69) is 5.32 Å². The molecule has 0 atom stereocenters. The lowest BCUT2D eigenvalue weighted by Gasteiger charge is -2.11. The number of primary sulfonamides is 1. The number of hydrogen-bond acceptors (Lipinski definition) is 4. The molecule has 100 valence electrons. The van der Waals surface area contributed by atoms with E-state index in [1.165, 1.54) is 6.07 Å². The van der Waals surface area contributed by atoms with Crippen molar-refractivity contribution in [2.75, 3.05) is 17.3 Å². The van der Waals surface area contributed by atoms with Crippen molar-refractivity contribution in [1.29, 1.82) is 0 Å². The van der Waals surface area contributed by atoms with Crippen molar-refractivity contribution in [1.82, 2.24) is 0 Å². The van der Waals surface area contributed by atoms with Gasteiger partial charge in [-0.25, -0.2) is 13.6 Å². The normalized spacial score (nSPS) is 11.3. The van der Waals surface area contributed by atoms with Crippen LogP contribution in [-0.2, 0) is 14.8 Å². The lowest BCUT2D eigenvalue weighted by Crippen LogP contribution is -2.17. The van der Waals surface area contributed by atoms with Crippen molar-refractivity contribution in [3.05, 3.63) is 23.8 Å². The first-order valence-corrected chi connectivity index (χ1v) is 8.21. The minimum Gasteiger partial charge on any atom is -0.326 e. The van der Waals surface area contributed by atoms with E-state index < -0.39 is 10.0 Å². The maximum Gasteiger partial charge on any atom is 0.238 e. The summed E-state index contributed by atoms with van der Waals surface area (Å²) in [4.78, 5) is 11.6. The van der Waals surface area contributed by atoms with Crippen molar-refractivity contribution in [3.8, 4) is 0 Å². The van der Waals surface area contributed by atoms with Gasteiger partial charge in [-0.1, -0.05) is 6.07 Å². The third-order valence-corrected chi connectivity index (χ3v) is 4.07. The molecule has 0 aromatic heterocycles. The Morgan fingerprint density at radius 3 is 2.67 bits per heavy atom. The highest BCUT2D eigenvalue weighted by Crippen LogP contribution is 2.22. The highest BCUT2D eigenvalue weighted by molar-refractivity contribution is 7.98. The topological polar surface area (TPSA) is 89.3 Å². The van der Waals surface area contributed by atoms with Crippen LogP contribution < -0.4 is 10.5 Å². The second kappa shape index (κ2) is 6.21. The predicted octanol–water partition coefficient (Wildman–Crippen LogP) is 1.33. The zero-order valence-corrected chi connectivity index (χ0v) is 11.9. The molecule has 0 saturated heterocycles. The summed E-state index contributed by atoms with van der Waals surface area (Å²) in [6.07, 6.45) is 2.31. The van der Waals surface area contributed by atoms with Crippen molar-refractivity contribution in [2.45, 2.75) is 18.2 Å². The molecule has 0 unspecified atom stereocenters. The summed E-state index contributed by atoms with van der Waals surface area (Å²) in [7, 11) is -3.76. The van der Waals surface area contributed by atoms with E-state index in [0.29, 0.717) is 17.7 Å². The number of benzene rings is 1. The second-order valence-electron chi connectivity index (χ2n) is 3.76. The van der Waals surface area contributed by atoms with E-state index in [4.69, 9.17) is 5.14 Å². The minimum absolute atomic E-state index is 0.0326. The smallest absolute Gasteiger partial charge is 0.238 e. The molecule has 1 aromatic carbocycles. The first kappa shape index (κ1) is 15.0. The monoisotopic (exact) mass is 288 g/mol. The zero-order valence-electron chi connectivity index (χ0n) is 10.3. The van der Waals surface area contributed by atoms with Crippen LogP contribution in [0.1, 0.15) is 12.0 Å². The highest BCUT2D eigenvalue weighted by Gasteiger charge is 2.14. The standard InChI is InChI=1S/C11H16N2O3S2/c1-8-9(13-11(14)6-7-17-2)4-3-5-10(8)18(12,15)16/h3-5H,6-7H2,1-2H3,(H,13,14)(H2,12,15,16).